The van der Waals surface area contributed by atoms with Crippen LogP contribution in [0.15, 0.2) is 133 Å². The van der Waals surface area contributed by atoms with Crippen molar-refractivity contribution in [3.05, 3.63) is 162 Å². The average Bonchev–Trinajstić information content (AvgIpc) is 3.62. The molecule has 2 aromatic heterocycles. The highest BCUT2D eigenvalue weighted by molar-refractivity contribution is 5.46. The van der Waals surface area contributed by atoms with Crippen LogP contribution in [0.1, 0.15) is 46.6 Å². The third-order valence-electron chi connectivity index (χ3n) is 9.45. The number of rotatable bonds is 8. The van der Waals surface area contributed by atoms with Gasteiger partial charge in [0.25, 0.3) is 6.43 Å². The van der Waals surface area contributed by atoms with Crippen LogP contribution in [0.4, 0.5) is 14.6 Å². The molecule has 0 aliphatic carbocycles. The molecule has 1 N–H and O–H groups in total. The molecule has 4 aromatic carbocycles. The van der Waals surface area contributed by atoms with Gasteiger partial charge in [-0.25, -0.2) is 8.78 Å². The Morgan fingerprint density at radius 1 is 0.500 bits per heavy atom. The quantitative estimate of drug-likeness (QED) is 0.194. The summed E-state index contributed by atoms with van der Waals surface area (Å²) in [6.45, 7) is 7.53. The Bertz CT molecular complexity index is 1810. The molecule has 0 saturated carbocycles. The lowest BCUT2D eigenvalue weighted by molar-refractivity contribution is 0.137. The number of benzene rings is 4. The molecule has 2 saturated heterocycles. The summed E-state index contributed by atoms with van der Waals surface area (Å²) >= 11 is 0. The minimum Gasteiger partial charge on any atom is -0.353 e. The van der Waals surface area contributed by atoms with E-state index in [1.54, 1.807) is 6.07 Å². The average molecular weight is 673 g/mol. The third kappa shape index (κ3) is 7.73. The van der Waals surface area contributed by atoms with Crippen LogP contribution in [-0.4, -0.2) is 82.0 Å². The fraction of sp³-hybridized carbons (Fsp3) is 0.275. The number of alkyl halides is 2. The number of aromatic nitrogens is 4. The van der Waals surface area contributed by atoms with Crippen molar-refractivity contribution < 1.29 is 8.78 Å². The second kappa shape index (κ2) is 16.1. The van der Waals surface area contributed by atoms with Crippen molar-refractivity contribution >= 4 is 11.5 Å². The second-order valence-electron chi connectivity index (χ2n) is 12.6. The number of piperazine rings is 2. The minimum atomic E-state index is -2.72. The van der Waals surface area contributed by atoms with E-state index in [-0.39, 0.29) is 6.04 Å². The second-order valence-corrected chi connectivity index (χ2v) is 12.6. The molecular formula is C40H42F2N8. The predicted octanol–water partition coefficient (Wildman–Crippen LogP) is 6.65. The summed E-state index contributed by atoms with van der Waals surface area (Å²) in [5, 5.41) is 15.1. The van der Waals surface area contributed by atoms with E-state index in [9.17, 15) is 8.78 Å². The van der Waals surface area contributed by atoms with Crippen LogP contribution in [0.2, 0.25) is 0 Å². The van der Waals surface area contributed by atoms with Crippen molar-refractivity contribution in [1.29, 1.82) is 0 Å². The summed E-state index contributed by atoms with van der Waals surface area (Å²) in [6, 6.07) is 46.7. The van der Waals surface area contributed by atoms with Gasteiger partial charge in [0.2, 0.25) is 5.82 Å². The van der Waals surface area contributed by atoms with E-state index in [4.69, 9.17) is 0 Å². The van der Waals surface area contributed by atoms with E-state index in [2.05, 4.69) is 145 Å². The van der Waals surface area contributed by atoms with Gasteiger partial charge in [0, 0.05) is 52.4 Å². The van der Waals surface area contributed by atoms with Gasteiger partial charge in [-0.05, 0) is 34.4 Å². The zero-order valence-electron chi connectivity index (χ0n) is 28.0. The summed E-state index contributed by atoms with van der Waals surface area (Å²) < 4.78 is 27.5. The Labute approximate surface area is 292 Å². The molecule has 256 valence electrons. The lowest BCUT2D eigenvalue weighted by Crippen LogP contribution is -2.48. The van der Waals surface area contributed by atoms with E-state index in [1.807, 2.05) is 18.2 Å². The summed E-state index contributed by atoms with van der Waals surface area (Å²) in [6.07, 6.45) is -2.72. The Morgan fingerprint density at radius 3 is 1.38 bits per heavy atom. The van der Waals surface area contributed by atoms with Crippen molar-refractivity contribution in [2.24, 2.45) is 0 Å². The van der Waals surface area contributed by atoms with Gasteiger partial charge in [-0.3, -0.25) is 9.80 Å². The molecule has 0 atom stereocenters. The zero-order valence-corrected chi connectivity index (χ0v) is 28.0. The normalized spacial score (nSPS) is 15.8. The summed E-state index contributed by atoms with van der Waals surface area (Å²) in [7, 11) is 0. The molecule has 8 rings (SSSR count). The maximum atomic E-state index is 13.2. The Morgan fingerprint density at radius 2 is 0.940 bits per heavy atom. The molecular weight excluding hydrogens is 630 g/mol. The van der Waals surface area contributed by atoms with E-state index in [0.717, 1.165) is 56.9 Å². The number of nitrogens with one attached hydrogen (secondary N) is 1. The molecule has 4 heterocycles. The number of anilines is 1. The summed E-state index contributed by atoms with van der Waals surface area (Å²) in [4.78, 5) is 7.16. The van der Waals surface area contributed by atoms with Crippen LogP contribution in [0.5, 0.6) is 0 Å². The Balaban J connectivity index is 0.000000176. The standard InChI is InChI=1S/C23H22F2N6.C17H20N2/c24-22(25)23-27-26-19-11-12-20(28-31(19)23)29-13-15-30(16-14-29)21(17-7-3-1-4-8-17)18-9-5-2-6-10-18;1-3-7-15(8-4-1)17(16-9-5-2-6-10-16)19-13-11-18-12-14-19/h1-12,21-22H,13-16H2;1-10,17-18H,11-14H2. The highest BCUT2D eigenvalue weighted by Gasteiger charge is 2.28. The molecule has 0 spiro atoms. The van der Waals surface area contributed by atoms with Crippen LogP contribution in [0.3, 0.4) is 0 Å². The monoisotopic (exact) mass is 672 g/mol. The molecule has 0 unspecified atom stereocenters. The smallest absolute Gasteiger partial charge is 0.299 e. The largest absolute Gasteiger partial charge is 0.353 e. The minimum absolute atomic E-state index is 0.170. The Kier molecular flexibility index (Phi) is 10.8. The lowest BCUT2D eigenvalue weighted by atomic mass is 9.96. The molecule has 8 nitrogen and oxygen atoms in total. The number of halogens is 2. The first kappa shape index (κ1) is 33.5. The maximum Gasteiger partial charge on any atom is 0.299 e. The maximum absolute atomic E-state index is 13.2. The first-order valence-electron chi connectivity index (χ1n) is 17.3. The van der Waals surface area contributed by atoms with Gasteiger partial charge in [-0.2, -0.15) is 4.52 Å². The molecule has 0 radical (unpaired) electrons. The van der Waals surface area contributed by atoms with Crippen molar-refractivity contribution in [3.63, 3.8) is 0 Å². The highest BCUT2D eigenvalue weighted by Crippen LogP contribution is 2.31. The number of hydrogen-bond donors (Lipinski definition) is 1. The molecule has 2 fully saturated rings. The van der Waals surface area contributed by atoms with Crippen molar-refractivity contribution in [2.45, 2.75) is 18.5 Å². The topological polar surface area (TPSA) is 64.8 Å². The highest BCUT2D eigenvalue weighted by atomic mass is 19.3. The van der Waals surface area contributed by atoms with Gasteiger partial charge in [-0.15, -0.1) is 15.3 Å². The van der Waals surface area contributed by atoms with Gasteiger partial charge in [0.05, 0.1) is 12.1 Å². The number of fused-ring (bicyclic) bond motifs is 1. The Hall–Kier alpha value is -5.03. The summed E-state index contributed by atoms with van der Waals surface area (Å²) in [5.41, 5.74) is 5.61. The molecule has 0 bridgehead atoms. The molecule has 2 aliphatic heterocycles. The molecule has 50 heavy (non-hydrogen) atoms. The molecule has 2 aliphatic rings. The van der Waals surface area contributed by atoms with Gasteiger partial charge in [0.1, 0.15) is 5.82 Å². The van der Waals surface area contributed by atoms with Crippen LogP contribution < -0.4 is 10.2 Å². The van der Waals surface area contributed by atoms with Crippen LogP contribution in [-0.2, 0) is 0 Å². The first-order chi connectivity index (χ1) is 24.7. The van der Waals surface area contributed by atoms with Crippen molar-refractivity contribution in [2.75, 3.05) is 57.3 Å². The van der Waals surface area contributed by atoms with Gasteiger partial charge >= 0.3 is 0 Å². The first-order valence-corrected chi connectivity index (χ1v) is 17.3. The zero-order chi connectivity index (χ0) is 34.1. The third-order valence-corrected chi connectivity index (χ3v) is 9.45. The van der Waals surface area contributed by atoms with Gasteiger partial charge < -0.3 is 10.2 Å². The van der Waals surface area contributed by atoms with Crippen molar-refractivity contribution in [1.82, 2.24) is 34.9 Å². The molecule has 10 heteroatoms. The van der Waals surface area contributed by atoms with E-state index < -0.39 is 12.2 Å². The predicted molar refractivity (Wildman–Crippen MR) is 193 cm³/mol. The van der Waals surface area contributed by atoms with E-state index in [0.29, 0.717) is 17.5 Å². The van der Waals surface area contributed by atoms with Gasteiger partial charge in [-0.1, -0.05) is 121 Å². The lowest BCUT2D eigenvalue weighted by Gasteiger charge is -2.40. The molecule has 6 aromatic rings. The summed E-state index contributed by atoms with van der Waals surface area (Å²) in [5.74, 6) is 0.230. The number of nitrogens with zero attached hydrogens (tertiary/aromatic N) is 7. The van der Waals surface area contributed by atoms with Crippen LogP contribution in [0.25, 0.3) is 5.65 Å². The van der Waals surface area contributed by atoms with E-state index >= 15 is 0 Å². The van der Waals surface area contributed by atoms with Crippen LogP contribution in [0, 0.1) is 0 Å². The van der Waals surface area contributed by atoms with Crippen molar-refractivity contribution in [3.8, 4) is 0 Å². The van der Waals surface area contributed by atoms with Gasteiger partial charge in [0.15, 0.2) is 5.65 Å². The van der Waals surface area contributed by atoms with Crippen LogP contribution >= 0.6 is 0 Å². The fourth-order valence-electron chi connectivity index (χ4n) is 7.02. The fourth-order valence-corrected chi connectivity index (χ4v) is 7.02. The number of hydrogen-bond acceptors (Lipinski definition) is 7. The van der Waals surface area contributed by atoms with E-state index in [1.165, 1.54) is 22.3 Å². The molecule has 0 amide bonds. The SMILES string of the molecule is FC(F)c1nnc2ccc(N3CCN(C(c4ccccc4)c4ccccc4)CC3)nn12.c1ccc(C(c2ccccc2)N2CCNCC2)cc1.